The summed E-state index contributed by atoms with van der Waals surface area (Å²) in [6.45, 7) is 1.03. The lowest BCUT2D eigenvalue weighted by molar-refractivity contribution is -0.0543. The third-order valence-electron chi connectivity index (χ3n) is 7.04. The zero-order valence-corrected chi connectivity index (χ0v) is 23.4. The Balaban J connectivity index is 1.24. The second-order valence-corrected chi connectivity index (χ2v) is 12.9. The highest BCUT2D eigenvalue weighted by molar-refractivity contribution is 7.47. The van der Waals surface area contributed by atoms with E-state index in [0.717, 1.165) is 0 Å². The fraction of sp³-hybridized carbons (Fsp3) is 0.571. The van der Waals surface area contributed by atoms with Crippen LogP contribution >= 0.6 is 15.6 Å². The number of nitrogens with zero attached hydrogens (tertiary/aromatic N) is 5. The number of nitrogens with one attached hydrogen (secondary N) is 2. The molecule has 6 N–H and O–H groups in total. The van der Waals surface area contributed by atoms with Crippen molar-refractivity contribution >= 4 is 38.6 Å². The molecule has 2 aliphatic heterocycles. The molecule has 2 saturated heterocycles. The Morgan fingerprint density at radius 2 is 1.83 bits per heavy atom. The van der Waals surface area contributed by atoms with E-state index in [9.17, 15) is 23.7 Å². The number of rotatable bonds is 3. The molecule has 3 fully saturated rings. The number of fused-ring (bicyclic) bond motifs is 4. The highest BCUT2D eigenvalue weighted by Crippen LogP contribution is 2.54. The Morgan fingerprint density at radius 3 is 2.61 bits per heavy atom. The topological polar surface area (TPSA) is 248 Å². The zero-order valence-electron chi connectivity index (χ0n) is 21.6. The van der Waals surface area contributed by atoms with Crippen LogP contribution in [0.2, 0.25) is 0 Å². The summed E-state index contributed by atoms with van der Waals surface area (Å²) in [5, 5.41) is 3.23. The second kappa shape index (κ2) is 10.8. The minimum atomic E-state index is -4.69. The fourth-order valence-electron chi connectivity index (χ4n) is 5.32. The Kier molecular flexibility index (Phi) is 7.46. The van der Waals surface area contributed by atoms with E-state index in [1.807, 2.05) is 0 Å². The van der Waals surface area contributed by atoms with Crippen molar-refractivity contribution in [3.8, 4) is 0 Å². The number of H-pyrrole nitrogens is 1. The molecule has 3 aromatic heterocycles. The number of hydrogen-bond acceptors (Lipinski definition) is 14. The maximum atomic E-state index is 13.1. The molecule has 8 atom stereocenters. The van der Waals surface area contributed by atoms with Gasteiger partial charge in [-0.2, -0.15) is 4.98 Å². The van der Waals surface area contributed by atoms with Gasteiger partial charge in [-0.1, -0.05) is 0 Å². The Morgan fingerprint density at radius 1 is 1.07 bits per heavy atom. The lowest BCUT2D eigenvalue weighted by Gasteiger charge is -2.25. The molecule has 5 heterocycles. The number of phosphoric ester groups is 2. The van der Waals surface area contributed by atoms with Gasteiger partial charge in [0.05, 0.1) is 31.7 Å². The highest BCUT2D eigenvalue weighted by atomic mass is 31.2. The average molecular weight is 614 g/mol. The molecule has 2 bridgehead atoms. The van der Waals surface area contributed by atoms with Crippen LogP contribution in [0.25, 0.3) is 11.2 Å². The predicted molar refractivity (Wildman–Crippen MR) is 139 cm³/mol. The second-order valence-electron chi connectivity index (χ2n) is 10.0. The molecule has 20 heteroatoms. The van der Waals surface area contributed by atoms with Crippen molar-refractivity contribution in [3.05, 3.63) is 34.8 Å². The van der Waals surface area contributed by atoms with Gasteiger partial charge in [-0.3, -0.25) is 32.4 Å². The van der Waals surface area contributed by atoms with Crippen molar-refractivity contribution in [3.63, 3.8) is 0 Å². The Hall–Kier alpha value is -2.79. The number of phosphoric acid groups is 2. The van der Waals surface area contributed by atoms with Gasteiger partial charge in [0.1, 0.15) is 17.7 Å². The molecule has 41 heavy (non-hydrogen) atoms. The molecular weight excluding hydrogens is 586 g/mol. The van der Waals surface area contributed by atoms with Gasteiger partial charge in [0.2, 0.25) is 5.95 Å². The van der Waals surface area contributed by atoms with Crippen molar-refractivity contribution in [1.29, 1.82) is 0 Å². The number of aromatic amines is 1. The minimum absolute atomic E-state index is 0.0336. The SMILES string of the molecule is Cc1nccc(N[C@@H]2C[C@@H]3COP(=O)(O)O[C@@H]4C[C@@H](COP(=O)(O)O[C@H]3C2)O[C@H]4n2cnc3c(=O)[nH]c(N)nc32)n1. The van der Waals surface area contributed by atoms with E-state index in [1.54, 1.807) is 19.2 Å². The molecule has 0 spiro atoms. The lowest BCUT2D eigenvalue weighted by atomic mass is 10.1. The first-order chi connectivity index (χ1) is 19.4. The normalized spacial score (nSPS) is 36.3. The number of nitrogen functional groups attached to an aromatic ring is 1. The molecule has 18 nitrogen and oxygen atoms in total. The maximum Gasteiger partial charge on any atom is 0.472 e. The van der Waals surface area contributed by atoms with Crippen molar-refractivity contribution < 1.29 is 41.7 Å². The predicted octanol–water partition coefficient (Wildman–Crippen LogP) is 0.996. The van der Waals surface area contributed by atoms with Crippen LogP contribution in [-0.4, -0.2) is 76.8 Å². The number of anilines is 2. The lowest BCUT2D eigenvalue weighted by Crippen LogP contribution is -2.25. The van der Waals surface area contributed by atoms with Gasteiger partial charge in [-0.25, -0.2) is 24.1 Å². The standard InChI is InChI=1S/C21H28N8O10P2/c1-10-23-3-2-16(25-10)26-12-4-11-7-35-40(31,32)39-15-6-13(8-36-41(33,34)38-14(11)5-12)37-20(15)29-9-24-17-18(29)27-21(22)28-19(17)30/h2-3,9,11-15,20H,4-8H2,1H3,(H,31,32)(H,33,34)(H,23,25,26)(H3,22,27,28,30)/t11-,12-,13+,14+,15-,20-/m1/s1. The highest BCUT2D eigenvalue weighted by Gasteiger charge is 2.46. The van der Waals surface area contributed by atoms with Crippen LogP contribution in [0.1, 0.15) is 31.3 Å². The third kappa shape index (κ3) is 6.21. The van der Waals surface area contributed by atoms with E-state index in [4.69, 9.17) is 28.6 Å². The maximum absolute atomic E-state index is 13.1. The van der Waals surface area contributed by atoms with Gasteiger partial charge in [0.15, 0.2) is 17.4 Å². The first-order valence-corrected chi connectivity index (χ1v) is 15.7. The number of aromatic nitrogens is 6. The van der Waals surface area contributed by atoms with Crippen LogP contribution in [0, 0.1) is 12.8 Å². The summed E-state index contributed by atoms with van der Waals surface area (Å²) in [6.07, 6.45) is -0.506. The molecule has 3 aliphatic rings. The van der Waals surface area contributed by atoms with Crippen LogP contribution in [0.3, 0.4) is 0 Å². The van der Waals surface area contributed by atoms with E-state index < -0.39 is 58.3 Å². The first kappa shape index (κ1) is 28.3. The van der Waals surface area contributed by atoms with Gasteiger partial charge in [0.25, 0.3) is 5.56 Å². The van der Waals surface area contributed by atoms with Gasteiger partial charge < -0.3 is 25.6 Å². The third-order valence-corrected chi connectivity index (χ3v) is 9.07. The van der Waals surface area contributed by atoms with Crippen LogP contribution in [0.4, 0.5) is 11.8 Å². The number of ether oxygens (including phenoxy) is 1. The smallest absolute Gasteiger partial charge is 0.369 e. The summed E-state index contributed by atoms with van der Waals surface area (Å²) in [5.74, 6) is 0.378. The average Bonchev–Trinajstić information content (AvgIpc) is 3.57. The first-order valence-electron chi connectivity index (χ1n) is 12.7. The number of imidazole rings is 1. The molecule has 222 valence electrons. The molecule has 6 rings (SSSR count). The molecule has 2 unspecified atom stereocenters. The summed E-state index contributed by atoms with van der Waals surface area (Å²) >= 11 is 0. The molecule has 0 aromatic carbocycles. The molecule has 1 saturated carbocycles. The van der Waals surface area contributed by atoms with Crippen LogP contribution in [0.15, 0.2) is 23.4 Å². The van der Waals surface area contributed by atoms with Gasteiger partial charge in [0, 0.05) is 24.6 Å². The Bertz CT molecular complexity index is 1600. The largest absolute Gasteiger partial charge is 0.472 e. The monoisotopic (exact) mass is 614 g/mol. The van der Waals surface area contributed by atoms with Crippen LogP contribution < -0.4 is 16.6 Å². The summed E-state index contributed by atoms with van der Waals surface area (Å²) in [6, 6.07) is 1.43. The van der Waals surface area contributed by atoms with Crippen LogP contribution in [-0.2, 0) is 32.0 Å². The van der Waals surface area contributed by atoms with E-state index in [-0.39, 0.29) is 42.6 Å². The van der Waals surface area contributed by atoms with E-state index in [2.05, 4.69) is 30.2 Å². The van der Waals surface area contributed by atoms with Gasteiger partial charge in [-0.05, 0) is 25.8 Å². The fourth-order valence-corrected chi connectivity index (χ4v) is 7.31. The van der Waals surface area contributed by atoms with Crippen molar-refractivity contribution in [2.75, 3.05) is 24.3 Å². The molecular formula is C21H28N8O10P2. The van der Waals surface area contributed by atoms with Crippen LogP contribution in [0.5, 0.6) is 0 Å². The number of nitrogens with two attached hydrogens (primary N) is 1. The molecule has 1 aliphatic carbocycles. The molecule has 0 radical (unpaired) electrons. The van der Waals surface area contributed by atoms with Crippen molar-refractivity contribution in [2.24, 2.45) is 5.92 Å². The van der Waals surface area contributed by atoms with E-state index in [0.29, 0.717) is 18.1 Å². The summed E-state index contributed by atoms with van der Waals surface area (Å²) in [7, 11) is -9.28. The van der Waals surface area contributed by atoms with Crippen molar-refractivity contribution in [1.82, 2.24) is 29.5 Å². The van der Waals surface area contributed by atoms with E-state index in [1.165, 1.54) is 10.9 Å². The summed E-state index contributed by atoms with van der Waals surface area (Å²) in [4.78, 5) is 52.3. The summed E-state index contributed by atoms with van der Waals surface area (Å²) in [5.41, 5.74) is 5.10. The number of hydrogen-bond donors (Lipinski definition) is 5. The van der Waals surface area contributed by atoms with Gasteiger partial charge >= 0.3 is 15.6 Å². The Labute approximate surface area is 231 Å². The molecule has 3 aromatic rings. The van der Waals surface area contributed by atoms with E-state index >= 15 is 0 Å². The summed E-state index contributed by atoms with van der Waals surface area (Å²) < 4.78 is 55.0. The quantitative estimate of drug-likeness (QED) is 0.258. The number of aryl methyl sites for hydroxylation is 1. The van der Waals surface area contributed by atoms with Crippen molar-refractivity contribution in [2.45, 2.75) is 56.8 Å². The zero-order chi connectivity index (χ0) is 28.9. The minimum Gasteiger partial charge on any atom is -0.369 e. The van der Waals surface area contributed by atoms with Gasteiger partial charge in [-0.15, -0.1) is 0 Å². The molecule has 0 amide bonds.